The van der Waals surface area contributed by atoms with Crippen molar-refractivity contribution < 1.29 is 14.3 Å². The van der Waals surface area contributed by atoms with Crippen molar-refractivity contribution in [2.45, 2.75) is 26.4 Å². The second-order valence-electron chi connectivity index (χ2n) is 5.73. The van der Waals surface area contributed by atoms with Crippen molar-refractivity contribution in [3.05, 3.63) is 30.1 Å². The second kappa shape index (κ2) is 7.44. The summed E-state index contributed by atoms with van der Waals surface area (Å²) in [7, 11) is 0. The zero-order chi connectivity index (χ0) is 16.9. The fourth-order valence-corrected chi connectivity index (χ4v) is 2.79. The molecular formula is C17H22N4O3. The third-order valence-electron chi connectivity index (χ3n) is 4.16. The number of morpholine rings is 1. The lowest BCUT2D eigenvalue weighted by Gasteiger charge is -2.27. The van der Waals surface area contributed by atoms with Crippen LogP contribution in [0.25, 0.3) is 11.0 Å². The molecule has 2 heterocycles. The minimum atomic E-state index is -0.0342. The van der Waals surface area contributed by atoms with Gasteiger partial charge in [-0.2, -0.15) is 0 Å². The second-order valence-corrected chi connectivity index (χ2v) is 5.73. The minimum Gasteiger partial charge on any atom is -0.378 e. The van der Waals surface area contributed by atoms with E-state index in [0.717, 1.165) is 11.0 Å². The van der Waals surface area contributed by atoms with Crippen molar-refractivity contribution >= 4 is 22.8 Å². The first-order valence-electron chi connectivity index (χ1n) is 8.25. The Labute approximate surface area is 140 Å². The van der Waals surface area contributed by atoms with Crippen LogP contribution in [0.3, 0.4) is 0 Å². The van der Waals surface area contributed by atoms with Crippen molar-refractivity contribution in [3.8, 4) is 0 Å². The summed E-state index contributed by atoms with van der Waals surface area (Å²) in [4.78, 5) is 30.5. The highest BCUT2D eigenvalue weighted by atomic mass is 16.5. The van der Waals surface area contributed by atoms with Crippen LogP contribution in [0.4, 0.5) is 0 Å². The SMILES string of the molecule is CCC(=O)NCc1nc2ccccc2n1CC(=O)N1CCOCC1. The van der Waals surface area contributed by atoms with Crippen LogP contribution in [-0.4, -0.2) is 52.6 Å². The molecule has 0 aliphatic carbocycles. The lowest BCUT2D eigenvalue weighted by molar-refractivity contribution is -0.135. The molecule has 0 spiro atoms. The van der Waals surface area contributed by atoms with Crippen molar-refractivity contribution in [2.24, 2.45) is 0 Å². The molecule has 0 saturated carbocycles. The highest BCUT2D eigenvalue weighted by molar-refractivity contribution is 5.81. The minimum absolute atomic E-state index is 0.0342. The van der Waals surface area contributed by atoms with Gasteiger partial charge in [0.25, 0.3) is 0 Å². The fraction of sp³-hybridized carbons (Fsp3) is 0.471. The monoisotopic (exact) mass is 330 g/mol. The Balaban J connectivity index is 1.83. The molecule has 1 saturated heterocycles. The Hall–Kier alpha value is -2.41. The standard InChI is InChI=1S/C17H22N4O3/c1-2-16(22)18-11-15-19-13-5-3-4-6-14(13)21(15)12-17(23)20-7-9-24-10-8-20/h3-6H,2,7-12H2,1H3,(H,18,22). The van der Waals surface area contributed by atoms with E-state index in [1.54, 1.807) is 6.92 Å². The van der Waals surface area contributed by atoms with E-state index < -0.39 is 0 Å². The first-order chi connectivity index (χ1) is 11.7. The van der Waals surface area contributed by atoms with E-state index in [1.165, 1.54) is 0 Å². The number of carbonyl (C=O) groups is 2. The van der Waals surface area contributed by atoms with E-state index in [2.05, 4.69) is 10.3 Å². The summed E-state index contributed by atoms with van der Waals surface area (Å²) in [6, 6.07) is 7.70. The molecule has 0 unspecified atom stereocenters. The molecule has 1 aliphatic rings. The summed E-state index contributed by atoms with van der Waals surface area (Å²) in [5.41, 5.74) is 1.73. The van der Waals surface area contributed by atoms with Crippen molar-refractivity contribution in [2.75, 3.05) is 26.3 Å². The predicted molar refractivity (Wildman–Crippen MR) is 89.3 cm³/mol. The zero-order valence-corrected chi connectivity index (χ0v) is 13.8. The summed E-state index contributed by atoms with van der Waals surface area (Å²) >= 11 is 0. The number of hydrogen-bond donors (Lipinski definition) is 1. The van der Waals surface area contributed by atoms with Crippen LogP contribution >= 0.6 is 0 Å². The third-order valence-corrected chi connectivity index (χ3v) is 4.16. The molecule has 24 heavy (non-hydrogen) atoms. The Kier molecular flexibility index (Phi) is 5.10. The lowest BCUT2D eigenvalue weighted by Crippen LogP contribution is -2.42. The Morgan fingerprint density at radius 1 is 1.25 bits per heavy atom. The summed E-state index contributed by atoms with van der Waals surface area (Å²) in [5, 5.41) is 2.84. The Bertz CT molecular complexity index is 735. The first kappa shape index (κ1) is 16.4. The van der Waals surface area contributed by atoms with Gasteiger partial charge >= 0.3 is 0 Å². The molecular weight excluding hydrogens is 308 g/mol. The Morgan fingerprint density at radius 2 is 2.00 bits per heavy atom. The number of benzene rings is 1. The van der Waals surface area contributed by atoms with E-state index in [4.69, 9.17) is 4.74 Å². The smallest absolute Gasteiger partial charge is 0.242 e. The van der Waals surface area contributed by atoms with Gasteiger partial charge < -0.3 is 19.5 Å². The molecule has 1 aromatic heterocycles. The molecule has 0 atom stereocenters. The number of amides is 2. The van der Waals surface area contributed by atoms with Crippen molar-refractivity contribution in [3.63, 3.8) is 0 Å². The van der Waals surface area contributed by atoms with Gasteiger partial charge in [-0.25, -0.2) is 4.98 Å². The van der Waals surface area contributed by atoms with Crippen LogP contribution in [0.5, 0.6) is 0 Å². The molecule has 0 bridgehead atoms. The first-order valence-corrected chi connectivity index (χ1v) is 8.25. The molecule has 3 rings (SSSR count). The number of ether oxygens (including phenoxy) is 1. The number of imidazole rings is 1. The number of para-hydroxylation sites is 2. The molecule has 0 radical (unpaired) electrons. The van der Waals surface area contributed by atoms with Gasteiger partial charge in [-0.05, 0) is 12.1 Å². The predicted octanol–water partition coefficient (Wildman–Crippen LogP) is 0.921. The van der Waals surface area contributed by atoms with Gasteiger partial charge in [-0.1, -0.05) is 19.1 Å². The maximum Gasteiger partial charge on any atom is 0.242 e. The average Bonchev–Trinajstić information content (AvgIpc) is 2.98. The van der Waals surface area contributed by atoms with Crippen LogP contribution in [0, 0.1) is 0 Å². The van der Waals surface area contributed by atoms with Gasteiger partial charge in [0, 0.05) is 19.5 Å². The zero-order valence-electron chi connectivity index (χ0n) is 13.8. The summed E-state index contributed by atoms with van der Waals surface area (Å²) in [6.45, 7) is 4.74. The quantitative estimate of drug-likeness (QED) is 0.884. The Morgan fingerprint density at radius 3 is 2.75 bits per heavy atom. The molecule has 7 heteroatoms. The summed E-state index contributed by atoms with van der Waals surface area (Å²) < 4.78 is 7.19. The molecule has 1 N–H and O–H groups in total. The number of aromatic nitrogens is 2. The highest BCUT2D eigenvalue weighted by Gasteiger charge is 2.20. The van der Waals surface area contributed by atoms with Crippen LogP contribution in [0.1, 0.15) is 19.2 Å². The normalized spacial score (nSPS) is 14.8. The maximum atomic E-state index is 12.6. The number of rotatable bonds is 5. The molecule has 2 amide bonds. The molecule has 128 valence electrons. The van der Waals surface area contributed by atoms with Gasteiger partial charge in [-0.15, -0.1) is 0 Å². The fourth-order valence-electron chi connectivity index (χ4n) is 2.79. The van der Waals surface area contributed by atoms with E-state index in [1.807, 2.05) is 33.7 Å². The van der Waals surface area contributed by atoms with Gasteiger partial charge in [0.05, 0.1) is 30.8 Å². The van der Waals surface area contributed by atoms with E-state index >= 15 is 0 Å². The van der Waals surface area contributed by atoms with Crippen molar-refractivity contribution in [1.29, 1.82) is 0 Å². The molecule has 1 aliphatic heterocycles. The molecule has 2 aromatic rings. The summed E-state index contributed by atoms with van der Waals surface area (Å²) in [6.07, 6.45) is 0.424. The number of hydrogen-bond acceptors (Lipinski definition) is 4. The largest absolute Gasteiger partial charge is 0.378 e. The van der Waals surface area contributed by atoms with Gasteiger partial charge in [0.15, 0.2) is 0 Å². The molecule has 7 nitrogen and oxygen atoms in total. The maximum absolute atomic E-state index is 12.6. The van der Waals surface area contributed by atoms with E-state index in [0.29, 0.717) is 45.1 Å². The average molecular weight is 330 g/mol. The van der Waals surface area contributed by atoms with Gasteiger partial charge in [0.1, 0.15) is 12.4 Å². The van der Waals surface area contributed by atoms with Gasteiger partial charge in [-0.3, -0.25) is 9.59 Å². The number of carbonyl (C=O) groups excluding carboxylic acids is 2. The van der Waals surface area contributed by atoms with Crippen LogP contribution in [-0.2, 0) is 27.4 Å². The van der Waals surface area contributed by atoms with Crippen LogP contribution in [0.2, 0.25) is 0 Å². The molecule has 1 aromatic carbocycles. The summed E-state index contributed by atoms with van der Waals surface area (Å²) in [5.74, 6) is 0.706. The van der Waals surface area contributed by atoms with Gasteiger partial charge in [0.2, 0.25) is 11.8 Å². The topological polar surface area (TPSA) is 76.5 Å². The van der Waals surface area contributed by atoms with E-state index in [-0.39, 0.29) is 18.4 Å². The van der Waals surface area contributed by atoms with Crippen LogP contribution < -0.4 is 5.32 Å². The highest BCUT2D eigenvalue weighted by Crippen LogP contribution is 2.16. The third kappa shape index (κ3) is 3.56. The number of nitrogens with zero attached hydrogens (tertiary/aromatic N) is 3. The van der Waals surface area contributed by atoms with Crippen molar-refractivity contribution in [1.82, 2.24) is 19.8 Å². The van der Waals surface area contributed by atoms with E-state index in [9.17, 15) is 9.59 Å². The number of fused-ring (bicyclic) bond motifs is 1. The number of nitrogens with one attached hydrogen (secondary N) is 1. The lowest BCUT2D eigenvalue weighted by atomic mass is 10.3. The molecule has 1 fully saturated rings. The van der Waals surface area contributed by atoms with Crippen LogP contribution in [0.15, 0.2) is 24.3 Å².